The zero-order valence-electron chi connectivity index (χ0n) is 16.6. The second-order valence-electron chi connectivity index (χ2n) is 7.56. The van der Waals surface area contributed by atoms with Gasteiger partial charge in [0.15, 0.2) is 0 Å². The molecular formula is C22H27FN4O2. The van der Waals surface area contributed by atoms with Crippen LogP contribution in [-0.4, -0.2) is 55.2 Å². The number of nitrogens with one attached hydrogen (secondary N) is 2. The number of amides is 1. The van der Waals surface area contributed by atoms with Gasteiger partial charge in [0.05, 0.1) is 13.3 Å². The Kier molecular flexibility index (Phi) is 6.08. The van der Waals surface area contributed by atoms with Crippen molar-refractivity contribution in [2.24, 2.45) is 0 Å². The monoisotopic (exact) mass is 398 g/mol. The van der Waals surface area contributed by atoms with Gasteiger partial charge in [-0.2, -0.15) is 0 Å². The maximum Gasteiger partial charge on any atom is 0.254 e. The first-order valence-corrected chi connectivity index (χ1v) is 10.1. The van der Waals surface area contributed by atoms with E-state index in [9.17, 15) is 9.18 Å². The summed E-state index contributed by atoms with van der Waals surface area (Å²) in [5, 5.41) is 0. The number of ether oxygens (including phenoxy) is 1. The highest BCUT2D eigenvalue weighted by molar-refractivity contribution is 5.94. The van der Waals surface area contributed by atoms with Gasteiger partial charge in [0.1, 0.15) is 11.6 Å². The van der Waals surface area contributed by atoms with Crippen LogP contribution in [0.1, 0.15) is 34.8 Å². The van der Waals surface area contributed by atoms with Crippen LogP contribution < -0.4 is 15.6 Å². The van der Waals surface area contributed by atoms with Gasteiger partial charge in [-0.1, -0.05) is 18.2 Å². The zero-order chi connectivity index (χ0) is 20.2. The highest BCUT2D eigenvalue weighted by Crippen LogP contribution is 2.26. The van der Waals surface area contributed by atoms with Crippen LogP contribution in [0.15, 0.2) is 48.5 Å². The minimum absolute atomic E-state index is 0.0973. The molecule has 2 N–H and O–H groups in total. The lowest BCUT2D eigenvalue weighted by molar-refractivity contribution is 0.0756. The van der Waals surface area contributed by atoms with Gasteiger partial charge >= 0.3 is 0 Å². The van der Waals surface area contributed by atoms with Gasteiger partial charge in [0, 0.05) is 37.8 Å². The Labute approximate surface area is 170 Å². The standard InChI is InChI=1S/C22H27FN4O2/c1-29-19-8-6-16(7-9-19)20-15-21(25-24-20)26-10-3-11-27(13-12-26)22(28)17-4-2-5-18(23)14-17/h2,4-9,14,20-21,24-25H,3,10-13,15H2,1H3. The number of methoxy groups -OCH3 is 1. The molecule has 0 radical (unpaired) electrons. The van der Waals surface area contributed by atoms with Crippen molar-refractivity contribution in [3.8, 4) is 5.75 Å². The molecule has 154 valence electrons. The average Bonchev–Trinajstić information content (AvgIpc) is 3.11. The molecule has 2 aromatic rings. The third-order valence-electron chi connectivity index (χ3n) is 5.73. The molecule has 2 atom stereocenters. The molecular weight excluding hydrogens is 371 g/mol. The van der Waals surface area contributed by atoms with Gasteiger partial charge < -0.3 is 9.64 Å². The van der Waals surface area contributed by atoms with Crippen LogP contribution >= 0.6 is 0 Å². The van der Waals surface area contributed by atoms with Gasteiger partial charge in [-0.05, 0) is 48.7 Å². The first-order chi connectivity index (χ1) is 14.1. The summed E-state index contributed by atoms with van der Waals surface area (Å²) in [7, 11) is 1.67. The van der Waals surface area contributed by atoms with Crippen molar-refractivity contribution in [3.63, 3.8) is 0 Å². The lowest BCUT2D eigenvalue weighted by Crippen LogP contribution is -2.46. The Morgan fingerprint density at radius 2 is 1.90 bits per heavy atom. The molecule has 0 spiro atoms. The van der Waals surface area contributed by atoms with Gasteiger partial charge in [0.25, 0.3) is 5.91 Å². The van der Waals surface area contributed by atoms with Crippen LogP contribution in [0.4, 0.5) is 4.39 Å². The zero-order valence-corrected chi connectivity index (χ0v) is 16.6. The Balaban J connectivity index is 1.34. The molecule has 0 aliphatic carbocycles. The van der Waals surface area contributed by atoms with E-state index in [4.69, 9.17) is 4.74 Å². The molecule has 2 fully saturated rings. The SMILES string of the molecule is COc1ccc(C2CC(N3CCCN(C(=O)c4cccc(F)c4)CC3)NN2)cc1. The molecule has 7 heteroatoms. The molecule has 0 bridgehead atoms. The van der Waals surface area contributed by atoms with Gasteiger partial charge in [-0.15, -0.1) is 0 Å². The van der Waals surface area contributed by atoms with Crippen molar-refractivity contribution < 1.29 is 13.9 Å². The minimum atomic E-state index is -0.377. The summed E-state index contributed by atoms with van der Waals surface area (Å²) in [5.41, 5.74) is 8.43. The van der Waals surface area contributed by atoms with E-state index in [-0.39, 0.29) is 23.9 Å². The fourth-order valence-corrected chi connectivity index (χ4v) is 4.09. The molecule has 2 aliphatic heterocycles. The fraction of sp³-hybridized carbons (Fsp3) is 0.409. The lowest BCUT2D eigenvalue weighted by Gasteiger charge is -2.27. The van der Waals surface area contributed by atoms with E-state index in [1.165, 1.54) is 17.7 Å². The summed E-state index contributed by atoms with van der Waals surface area (Å²) < 4.78 is 18.7. The summed E-state index contributed by atoms with van der Waals surface area (Å²) >= 11 is 0. The van der Waals surface area contributed by atoms with Crippen LogP contribution in [0.3, 0.4) is 0 Å². The van der Waals surface area contributed by atoms with Crippen LogP contribution in [-0.2, 0) is 0 Å². The maximum atomic E-state index is 13.5. The largest absolute Gasteiger partial charge is 0.497 e. The molecule has 1 amide bonds. The Bertz CT molecular complexity index is 845. The van der Waals surface area contributed by atoms with E-state index in [2.05, 4.69) is 27.9 Å². The first kappa shape index (κ1) is 19.8. The number of benzene rings is 2. The normalized spacial score (nSPS) is 23.0. The summed E-state index contributed by atoms with van der Waals surface area (Å²) in [6.45, 7) is 3.03. The van der Waals surface area contributed by atoms with E-state index in [0.717, 1.165) is 31.7 Å². The Morgan fingerprint density at radius 3 is 2.66 bits per heavy atom. The molecule has 0 aromatic heterocycles. The van der Waals surface area contributed by atoms with Gasteiger partial charge in [0.2, 0.25) is 0 Å². The number of carbonyl (C=O) groups excluding carboxylic acids is 1. The summed E-state index contributed by atoms with van der Waals surface area (Å²) in [6.07, 6.45) is 2.06. The second-order valence-corrected chi connectivity index (χ2v) is 7.56. The van der Waals surface area contributed by atoms with Gasteiger partial charge in [-0.25, -0.2) is 15.2 Å². The van der Waals surface area contributed by atoms with Crippen molar-refractivity contribution >= 4 is 5.91 Å². The molecule has 2 heterocycles. The first-order valence-electron chi connectivity index (χ1n) is 10.1. The van der Waals surface area contributed by atoms with E-state index in [1.54, 1.807) is 19.2 Å². The number of carbonyl (C=O) groups is 1. The molecule has 6 nitrogen and oxygen atoms in total. The van der Waals surface area contributed by atoms with Crippen molar-refractivity contribution in [3.05, 3.63) is 65.5 Å². The molecule has 2 aliphatic rings. The number of halogens is 1. The Morgan fingerprint density at radius 1 is 1.07 bits per heavy atom. The predicted molar refractivity (Wildman–Crippen MR) is 109 cm³/mol. The number of hydrogen-bond acceptors (Lipinski definition) is 5. The summed E-state index contributed by atoms with van der Waals surface area (Å²) in [4.78, 5) is 16.9. The topological polar surface area (TPSA) is 56.8 Å². The van der Waals surface area contributed by atoms with Crippen LogP contribution in [0.2, 0.25) is 0 Å². The molecule has 0 saturated carbocycles. The number of rotatable bonds is 4. The Hall–Kier alpha value is -2.48. The molecule has 29 heavy (non-hydrogen) atoms. The van der Waals surface area contributed by atoms with Crippen LogP contribution in [0, 0.1) is 5.82 Å². The summed E-state index contributed by atoms with van der Waals surface area (Å²) in [6, 6.07) is 14.3. The van der Waals surface area contributed by atoms with Crippen molar-refractivity contribution in [1.29, 1.82) is 0 Å². The highest BCUT2D eigenvalue weighted by atomic mass is 19.1. The van der Waals surface area contributed by atoms with Crippen molar-refractivity contribution in [1.82, 2.24) is 20.7 Å². The van der Waals surface area contributed by atoms with E-state index in [1.807, 2.05) is 17.0 Å². The number of hydrogen-bond donors (Lipinski definition) is 2. The third kappa shape index (κ3) is 4.58. The molecule has 2 unspecified atom stereocenters. The number of hydrazine groups is 1. The average molecular weight is 398 g/mol. The fourth-order valence-electron chi connectivity index (χ4n) is 4.09. The summed E-state index contributed by atoms with van der Waals surface area (Å²) in [5.74, 6) is 0.380. The van der Waals surface area contributed by atoms with E-state index >= 15 is 0 Å². The maximum absolute atomic E-state index is 13.5. The predicted octanol–water partition coefficient (Wildman–Crippen LogP) is 2.55. The third-order valence-corrected chi connectivity index (χ3v) is 5.73. The second kappa shape index (κ2) is 8.90. The number of nitrogens with zero attached hydrogens (tertiary/aromatic N) is 2. The van der Waals surface area contributed by atoms with Gasteiger partial charge in [-0.3, -0.25) is 9.69 Å². The van der Waals surface area contributed by atoms with E-state index < -0.39 is 0 Å². The van der Waals surface area contributed by atoms with Crippen LogP contribution in [0.5, 0.6) is 5.75 Å². The van der Waals surface area contributed by atoms with Crippen molar-refractivity contribution in [2.75, 3.05) is 33.3 Å². The highest BCUT2D eigenvalue weighted by Gasteiger charge is 2.31. The molecule has 2 saturated heterocycles. The lowest BCUT2D eigenvalue weighted by atomic mass is 10.0. The van der Waals surface area contributed by atoms with E-state index in [0.29, 0.717) is 18.7 Å². The minimum Gasteiger partial charge on any atom is -0.497 e. The molecule has 4 rings (SSSR count). The smallest absolute Gasteiger partial charge is 0.254 e. The van der Waals surface area contributed by atoms with Crippen molar-refractivity contribution in [2.45, 2.75) is 25.0 Å². The van der Waals surface area contributed by atoms with Crippen LogP contribution in [0.25, 0.3) is 0 Å². The molecule has 2 aromatic carbocycles. The quantitative estimate of drug-likeness (QED) is 0.829.